The van der Waals surface area contributed by atoms with Gasteiger partial charge in [-0.3, -0.25) is 0 Å². The van der Waals surface area contributed by atoms with Crippen molar-refractivity contribution in [1.82, 2.24) is 0 Å². The lowest BCUT2D eigenvalue weighted by Gasteiger charge is -2.29. The number of hydrogen-bond donors (Lipinski definition) is 1. The van der Waals surface area contributed by atoms with E-state index in [1.165, 1.54) is 6.07 Å². The minimum atomic E-state index is -0.263. The molecule has 0 saturated carbocycles. The molecule has 2 rings (SSSR count). The van der Waals surface area contributed by atoms with Gasteiger partial charge in [-0.2, -0.15) is 0 Å². The average Bonchev–Trinajstić information content (AvgIpc) is 2.26. The Morgan fingerprint density at radius 1 is 1.47 bits per heavy atom. The van der Waals surface area contributed by atoms with Crippen LogP contribution in [0.15, 0.2) is 12.1 Å². The first kappa shape index (κ1) is 12.7. The quantitative estimate of drug-likeness (QED) is 0.871. The number of rotatable bonds is 2. The zero-order chi connectivity index (χ0) is 12.4. The molecule has 0 aromatic heterocycles. The molecule has 2 nitrogen and oxygen atoms in total. The van der Waals surface area contributed by atoms with Gasteiger partial charge in [0.1, 0.15) is 5.82 Å². The molecule has 2 unspecified atom stereocenters. The fraction of sp³-hybridized carbons (Fsp3) is 0.538. The molecule has 4 heteroatoms. The van der Waals surface area contributed by atoms with Crippen LogP contribution in [-0.2, 0) is 4.74 Å². The van der Waals surface area contributed by atoms with Gasteiger partial charge in [-0.05, 0) is 44.4 Å². The second-order valence-electron chi connectivity index (χ2n) is 4.63. The fourth-order valence-corrected chi connectivity index (χ4v) is 2.32. The van der Waals surface area contributed by atoms with Crippen molar-refractivity contribution in [3.05, 3.63) is 28.5 Å². The van der Waals surface area contributed by atoms with Gasteiger partial charge in [-0.25, -0.2) is 4.39 Å². The van der Waals surface area contributed by atoms with Gasteiger partial charge in [-0.15, -0.1) is 0 Å². The monoisotopic (exact) mass is 257 g/mol. The topological polar surface area (TPSA) is 21.3 Å². The van der Waals surface area contributed by atoms with Crippen molar-refractivity contribution in [3.63, 3.8) is 0 Å². The molecular formula is C13H17ClFNO. The van der Waals surface area contributed by atoms with Crippen LogP contribution in [0.4, 0.5) is 10.1 Å². The summed E-state index contributed by atoms with van der Waals surface area (Å²) in [6.45, 7) is 4.56. The maximum atomic E-state index is 13.3. The van der Waals surface area contributed by atoms with Crippen molar-refractivity contribution >= 4 is 17.3 Å². The van der Waals surface area contributed by atoms with E-state index in [2.05, 4.69) is 12.2 Å². The van der Waals surface area contributed by atoms with Crippen LogP contribution in [0.5, 0.6) is 0 Å². The third kappa shape index (κ3) is 3.11. The Morgan fingerprint density at radius 2 is 2.24 bits per heavy atom. The highest BCUT2D eigenvalue weighted by molar-refractivity contribution is 6.33. The number of aryl methyl sites for hydroxylation is 1. The summed E-state index contributed by atoms with van der Waals surface area (Å²) in [5, 5.41) is 3.81. The van der Waals surface area contributed by atoms with E-state index in [9.17, 15) is 4.39 Å². The Bertz CT molecular complexity index is 411. The molecule has 0 radical (unpaired) electrons. The summed E-state index contributed by atoms with van der Waals surface area (Å²) in [6, 6.07) is 3.47. The largest absolute Gasteiger partial charge is 0.381 e. The first-order valence-corrected chi connectivity index (χ1v) is 6.28. The summed E-state index contributed by atoms with van der Waals surface area (Å²) in [7, 11) is 0. The molecule has 1 heterocycles. The number of ether oxygens (including phenoxy) is 1. The molecule has 94 valence electrons. The predicted octanol–water partition coefficient (Wildman–Crippen LogP) is 3.77. The molecule has 2 atom stereocenters. The molecule has 1 aliphatic heterocycles. The zero-order valence-corrected chi connectivity index (χ0v) is 10.9. The Morgan fingerprint density at radius 3 is 2.94 bits per heavy atom. The average molecular weight is 258 g/mol. The number of nitrogens with one attached hydrogen (secondary N) is 1. The van der Waals surface area contributed by atoms with Crippen molar-refractivity contribution in [2.24, 2.45) is 0 Å². The van der Waals surface area contributed by atoms with E-state index in [4.69, 9.17) is 16.3 Å². The van der Waals surface area contributed by atoms with E-state index < -0.39 is 0 Å². The van der Waals surface area contributed by atoms with Crippen LogP contribution in [-0.4, -0.2) is 18.8 Å². The van der Waals surface area contributed by atoms with Gasteiger partial charge in [0, 0.05) is 12.6 Å². The maximum Gasteiger partial charge on any atom is 0.127 e. The molecule has 0 bridgehead atoms. The van der Waals surface area contributed by atoms with Crippen LogP contribution in [0.25, 0.3) is 0 Å². The van der Waals surface area contributed by atoms with Gasteiger partial charge >= 0.3 is 0 Å². The number of benzene rings is 1. The Labute approximate surface area is 106 Å². The van der Waals surface area contributed by atoms with Gasteiger partial charge in [0.25, 0.3) is 0 Å². The molecule has 1 aromatic carbocycles. The highest BCUT2D eigenvalue weighted by Crippen LogP contribution is 2.27. The maximum absolute atomic E-state index is 13.3. The van der Waals surface area contributed by atoms with E-state index in [1.54, 1.807) is 13.0 Å². The summed E-state index contributed by atoms with van der Waals surface area (Å²) >= 11 is 6.02. The third-order valence-electron chi connectivity index (χ3n) is 3.09. The van der Waals surface area contributed by atoms with E-state index in [0.29, 0.717) is 16.6 Å². The highest BCUT2D eigenvalue weighted by Gasteiger charge is 2.20. The van der Waals surface area contributed by atoms with Crippen LogP contribution in [0, 0.1) is 12.7 Å². The zero-order valence-electron chi connectivity index (χ0n) is 10.1. The summed E-state index contributed by atoms with van der Waals surface area (Å²) in [5.74, 6) is -0.263. The number of anilines is 1. The summed E-state index contributed by atoms with van der Waals surface area (Å²) in [4.78, 5) is 0. The van der Waals surface area contributed by atoms with Gasteiger partial charge in [-0.1, -0.05) is 11.6 Å². The van der Waals surface area contributed by atoms with Crippen LogP contribution < -0.4 is 5.32 Å². The number of hydrogen-bond acceptors (Lipinski definition) is 2. The molecule has 1 fully saturated rings. The van der Waals surface area contributed by atoms with Gasteiger partial charge in [0.2, 0.25) is 0 Å². The molecule has 0 spiro atoms. The Hall–Kier alpha value is -0.800. The molecule has 1 aliphatic rings. The smallest absolute Gasteiger partial charge is 0.127 e. The van der Waals surface area contributed by atoms with Crippen LogP contribution in [0.1, 0.15) is 25.3 Å². The summed E-state index contributed by atoms with van der Waals surface area (Å²) in [6.07, 6.45) is 2.17. The Balaban J connectivity index is 2.10. The lowest BCUT2D eigenvalue weighted by molar-refractivity contribution is 0.0232. The van der Waals surface area contributed by atoms with E-state index >= 15 is 0 Å². The van der Waals surface area contributed by atoms with Crippen molar-refractivity contribution in [1.29, 1.82) is 0 Å². The minimum absolute atomic E-state index is 0.263. The lowest BCUT2D eigenvalue weighted by Crippen LogP contribution is -2.32. The second kappa shape index (κ2) is 5.23. The minimum Gasteiger partial charge on any atom is -0.381 e. The molecular weight excluding hydrogens is 241 g/mol. The first-order chi connectivity index (χ1) is 8.06. The summed E-state index contributed by atoms with van der Waals surface area (Å²) < 4.78 is 18.8. The van der Waals surface area contributed by atoms with E-state index in [0.717, 1.165) is 25.1 Å². The normalized spacial score (nSPS) is 24.7. The lowest BCUT2D eigenvalue weighted by atomic mass is 10.0. The fourth-order valence-electron chi connectivity index (χ4n) is 2.12. The second-order valence-corrected chi connectivity index (χ2v) is 5.04. The molecule has 0 aliphatic carbocycles. The predicted molar refractivity (Wildman–Crippen MR) is 68.2 cm³/mol. The van der Waals surface area contributed by atoms with Crippen molar-refractivity contribution < 1.29 is 9.13 Å². The standard InChI is InChI=1S/C13H17ClFNO/c1-8-5-13(11(14)7-12(8)15)16-10-3-4-17-9(2)6-10/h5,7,9-10,16H,3-4,6H2,1-2H3. The van der Waals surface area contributed by atoms with Gasteiger partial charge in [0.15, 0.2) is 0 Å². The number of halogens is 2. The van der Waals surface area contributed by atoms with Crippen molar-refractivity contribution in [2.45, 2.75) is 38.8 Å². The van der Waals surface area contributed by atoms with Gasteiger partial charge < -0.3 is 10.1 Å². The van der Waals surface area contributed by atoms with Crippen molar-refractivity contribution in [2.75, 3.05) is 11.9 Å². The highest BCUT2D eigenvalue weighted by atomic mass is 35.5. The van der Waals surface area contributed by atoms with Crippen LogP contribution in [0.2, 0.25) is 5.02 Å². The molecule has 1 N–H and O–H groups in total. The SMILES string of the molecule is Cc1cc(NC2CCOC(C)C2)c(Cl)cc1F. The third-order valence-corrected chi connectivity index (χ3v) is 3.41. The van der Waals surface area contributed by atoms with Crippen LogP contribution >= 0.6 is 11.6 Å². The van der Waals surface area contributed by atoms with E-state index in [-0.39, 0.29) is 11.9 Å². The molecule has 1 saturated heterocycles. The summed E-state index contributed by atoms with van der Waals surface area (Å²) in [5.41, 5.74) is 1.42. The molecule has 17 heavy (non-hydrogen) atoms. The Kier molecular flexibility index (Phi) is 3.89. The first-order valence-electron chi connectivity index (χ1n) is 5.90. The van der Waals surface area contributed by atoms with E-state index in [1.807, 2.05) is 0 Å². The molecule has 0 amide bonds. The van der Waals surface area contributed by atoms with Crippen molar-refractivity contribution in [3.8, 4) is 0 Å². The van der Waals surface area contributed by atoms with Gasteiger partial charge in [0.05, 0.1) is 16.8 Å². The van der Waals surface area contributed by atoms with Crippen LogP contribution in [0.3, 0.4) is 0 Å². The molecule has 1 aromatic rings.